The van der Waals surface area contributed by atoms with Gasteiger partial charge in [0.1, 0.15) is 0 Å². The molecule has 23 heavy (non-hydrogen) atoms. The summed E-state index contributed by atoms with van der Waals surface area (Å²) in [6.45, 7) is 1.60. The molecular weight excluding hydrogens is 328 g/mol. The van der Waals surface area contributed by atoms with Crippen molar-refractivity contribution >= 4 is 41.0 Å². The molecule has 2 aromatic carbocycles. The lowest BCUT2D eigenvalue weighted by molar-refractivity contribution is 0.246. The van der Waals surface area contributed by atoms with Crippen LogP contribution in [0, 0.1) is 0 Å². The van der Waals surface area contributed by atoms with Gasteiger partial charge in [-0.15, -0.1) is 0 Å². The van der Waals surface area contributed by atoms with Crippen molar-refractivity contribution < 1.29 is 4.65 Å². The minimum Gasteiger partial charge on any atom is -0.425 e. The van der Waals surface area contributed by atoms with Crippen LogP contribution in [-0.2, 0) is 4.65 Å². The summed E-state index contributed by atoms with van der Waals surface area (Å²) in [6, 6.07) is 16.1. The van der Waals surface area contributed by atoms with E-state index in [0.29, 0.717) is 22.7 Å². The Morgan fingerprint density at radius 2 is 1.65 bits per heavy atom. The van der Waals surface area contributed by atoms with Crippen molar-refractivity contribution in [3.63, 3.8) is 0 Å². The molecule has 1 aliphatic rings. The van der Waals surface area contributed by atoms with Gasteiger partial charge < -0.3 is 9.97 Å². The second-order valence-corrected chi connectivity index (χ2v) is 6.84. The van der Waals surface area contributed by atoms with E-state index in [-0.39, 0.29) is 6.92 Å². The fourth-order valence-corrected chi connectivity index (χ4v) is 3.40. The summed E-state index contributed by atoms with van der Waals surface area (Å²) in [5.41, 5.74) is 2.10. The first-order valence-corrected chi connectivity index (χ1v) is 8.84. The number of hydrogen-bond acceptors (Lipinski definition) is 2. The zero-order valence-electron chi connectivity index (χ0n) is 13.0. The van der Waals surface area contributed by atoms with Gasteiger partial charge in [0.15, 0.2) is 0 Å². The van der Waals surface area contributed by atoms with Gasteiger partial charge in [0.25, 0.3) is 0 Å². The first kappa shape index (κ1) is 16.8. The van der Waals surface area contributed by atoms with Gasteiger partial charge in [-0.25, -0.2) is 0 Å². The molecule has 1 N–H and O–H groups in total. The molecule has 5 heteroatoms. The van der Waals surface area contributed by atoms with Crippen molar-refractivity contribution in [1.29, 1.82) is 0 Å². The average Bonchev–Trinajstić information content (AvgIpc) is 2.56. The molecule has 0 radical (unpaired) electrons. The first-order chi connectivity index (χ1) is 11.2. The Morgan fingerprint density at radius 1 is 1.00 bits per heavy atom. The third-order valence-electron chi connectivity index (χ3n) is 4.18. The summed E-state index contributed by atoms with van der Waals surface area (Å²) < 4.78 is 6.28. The minimum absolute atomic E-state index is 0.156. The van der Waals surface area contributed by atoms with Crippen LogP contribution < -0.4 is 16.2 Å². The third kappa shape index (κ3) is 4.74. The van der Waals surface area contributed by atoms with Gasteiger partial charge in [-0.3, -0.25) is 0 Å². The standard InChI is InChI=1S/C18H20BCl2NO/c20-16-7-3-5-14(11-16)19(15-6-4-8-17(21)12-15)23-13-18-9-1-2-10-22-18/h3-8,11-12,18,22H,1-2,9-10,13H2. The highest BCUT2D eigenvalue weighted by molar-refractivity contribution is 6.80. The van der Waals surface area contributed by atoms with E-state index in [0.717, 1.165) is 23.9 Å². The molecular formula is C18H20BCl2NO. The molecule has 2 nitrogen and oxygen atoms in total. The van der Waals surface area contributed by atoms with Gasteiger partial charge in [-0.2, -0.15) is 0 Å². The van der Waals surface area contributed by atoms with Gasteiger partial charge in [0.2, 0.25) is 0 Å². The van der Waals surface area contributed by atoms with E-state index >= 15 is 0 Å². The summed E-state index contributed by atoms with van der Waals surface area (Å²) in [4.78, 5) is 0. The zero-order valence-corrected chi connectivity index (χ0v) is 14.5. The molecule has 1 fully saturated rings. The summed E-state index contributed by atoms with van der Waals surface area (Å²) in [7, 11) is 0. The Balaban J connectivity index is 1.81. The monoisotopic (exact) mass is 347 g/mol. The molecule has 0 aromatic heterocycles. The molecule has 1 aliphatic heterocycles. The quantitative estimate of drug-likeness (QED) is 0.838. The first-order valence-electron chi connectivity index (χ1n) is 8.08. The SMILES string of the molecule is Clc1cccc(B(OCC2CCCCN2)c2cccc(Cl)c2)c1. The van der Waals surface area contributed by atoms with Crippen LogP contribution in [0.5, 0.6) is 0 Å². The lowest BCUT2D eigenvalue weighted by atomic mass is 9.55. The molecule has 0 amide bonds. The van der Waals surface area contributed by atoms with Gasteiger partial charge in [0.05, 0.1) is 0 Å². The van der Waals surface area contributed by atoms with Crippen molar-refractivity contribution in [2.24, 2.45) is 0 Å². The Labute approximate surface area is 148 Å². The van der Waals surface area contributed by atoms with Crippen LogP contribution in [0.1, 0.15) is 19.3 Å². The minimum atomic E-state index is -0.156. The second kappa shape index (κ2) is 8.21. The lowest BCUT2D eigenvalue weighted by Crippen LogP contribution is -2.48. The van der Waals surface area contributed by atoms with Crippen LogP contribution in [0.3, 0.4) is 0 Å². The Bertz CT molecular complexity index is 601. The fourth-order valence-electron chi connectivity index (χ4n) is 3.00. The summed E-state index contributed by atoms with van der Waals surface area (Å²) >= 11 is 12.3. The van der Waals surface area contributed by atoms with Crippen molar-refractivity contribution in [3.05, 3.63) is 58.6 Å². The van der Waals surface area contributed by atoms with Gasteiger partial charge in [-0.05, 0) is 54.6 Å². The predicted molar refractivity (Wildman–Crippen MR) is 99.5 cm³/mol. The highest BCUT2D eigenvalue weighted by atomic mass is 35.5. The number of rotatable bonds is 5. The van der Waals surface area contributed by atoms with Crippen LogP contribution in [0.25, 0.3) is 0 Å². The third-order valence-corrected chi connectivity index (χ3v) is 4.65. The normalized spacial score (nSPS) is 17.9. The number of benzene rings is 2. The molecule has 0 aliphatic carbocycles. The Kier molecular flexibility index (Phi) is 6.01. The van der Waals surface area contributed by atoms with Crippen LogP contribution in [0.2, 0.25) is 10.0 Å². The number of halogens is 2. The van der Waals surface area contributed by atoms with Gasteiger partial charge >= 0.3 is 6.92 Å². The average molecular weight is 348 g/mol. The van der Waals surface area contributed by atoms with E-state index in [2.05, 4.69) is 5.32 Å². The molecule has 0 spiro atoms. The molecule has 0 bridgehead atoms. The maximum Gasteiger partial charge on any atom is 0.361 e. The van der Waals surface area contributed by atoms with Crippen LogP contribution in [0.15, 0.2) is 48.5 Å². The molecule has 120 valence electrons. The van der Waals surface area contributed by atoms with E-state index < -0.39 is 0 Å². The topological polar surface area (TPSA) is 21.3 Å². The fraction of sp³-hybridized carbons (Fsp3) is 0.333. The Hall–Kier alpha value is -0.995. The number of hydrogen-bond donors (Lipinski definition) is 1. The van der Waals surface area contributed by atoms with Crippen molar-refractivity contribution in [1.82, 2.24) is 5.32 Å². The summed E-state index contributed by atoms with van der Waals surface area (Å²) in [5.74, 6) is 0. The van der Waals surface area contributed by atoms with Crippen molar-refractivity contribution in [2.75, 3.05) is 13.2 Å². The Morgan fingerprint density at radius 3 is 2.17 bits per heavy atom. The zero-order chi connectivity index (χ0) is 16.1. The summed E-state index contributed by atoms with van der Waals surface area (Å²) in [5, 5.41) is 4.96. The van der Waals surface area contributed by atoms with Crippen LogP contribution in [0.4, 0.5) is 0 Å². The molecule has 1 saturated heterocycles. The smallest absolute Gasteiger partial charge is 0.361 e. The molecule has 3 rings (SSSR count). The van der Waals surface area contributed by atoms with E-state index in [1.807, 2.05) is 48.5 Å². The van der Waals surface area contributed by atoms with E-state index in [4.69, 9.17) is 27.9 Å². The molecule has 2 aromatic rings. The lowest BCUT2D eigenvalue weighted by Gasteiger charge is -2.25. The van der Waals surface area contributed by atoms with Crippen LogP contribution in [-0.4, -0.2) is 26.1 Å². The van der Waals surface area contributed by atoms with E-state index in [1.165, 1.54) is 12.8 Å². The van der Waals surface area contributed by atoms with Crippen molar-refractivity contribution in [3.8, 4) is 0 Å². The molecule has 0 saturated carbocycles. The highest BCUT2D eigenvalue weighted by Gasteiger charge is 2.24. The van der Waals surface area contributed by atoms with E-state index in [9.17, 15) is 0 Å². The second-order valence-electron chi connectivity index (χ2n) is 5.97. The highest BCUT2D eigenvalue weighted by Crippen LogP contribution is 2.11. The summed E-state index contributed by atoms with van der Waals surface area (Å²) in [6.07, 6.45) is 3.68. The van der Waals surface area contributed by atoms with E-state index in [1.54, 1.807) is 0 Å². The number of piperidine rings is 1. The molecule has 1 unspecified atom stereocenters. The van der Waals surface area contributed by atoms with Gasteiger partial charge in [0, 0.05) is 22.7 Å². The predicted octanol–water partition coefficient (Wildman–Crippen LogP) is 3.26. The van der Waals surface area contributed by atoms with Crippen LogP contribution >= 0.6 is 23.2 Å². The maximum absolute atomic E-state index is 6.28. The molecule has 1 heterocycles. The molecule has 1 atom stereocenters. The van der Waals surface area contributed by atoms with Crippen molar-refractivity contribution in [2.45, 2.75) is 25.3 Å². The number of nitrogens with one attached hydrogen (secondary N) is 1. The maximum atomic E-state index is 6.28. The van der Waals surface area contributed by atoms with Gasteiger partial charge in [-0.1, -0.05) is 53.9 Å². The largest absolute Gasteiger partial charge is 0.425 e.